The molecule has 2 aromatic rings. The second-order valence-electron chi connectivity index (χ2n) is 14.2. The minimum Gasteiger partial charge on any atom is -0.344 e. The highest BCUT2D eigenvalue weighted by atomic mass is 35.5. The smallest absolute Gasteiger partial charge is 0.245 e. The van der Waals surface area contributed by atoms with Gasteiger partial charge >= 0.3 is 0 Å². The number of rotatable bonds is 10. The Labute approximate surface area is 290 Å². The molecule has 10 heteroatoms. The van der Waals surface area contributed by atoms with Crippen LogP contribution in [0.3, 0.4) is 0 Å². The lowest BCUT2D eigenvalue weighted by atomic mass is 9.90. The van der Waals surface area contributed by atoms with E-state index in [9.17, 15) is 19.2 Å². The van der Waals surface area contributed by atoms with Crippen LogP contribution in [-0.2, 0) is 32.0 Å². The molecule has 3 aliphatic rings. The third-order valence-corrected chi connectivity index (χ3v) is 10.6. The predicted octanol–water partition coefficient (Wildman–Crippen LogP) is 4.86. The van der Waals surface area contributed by atoms with Crippen molar-refractivity contribution in [3.63, 3.8) is 0 Å². The summed E-state index contributed by atoms with van der Waals surface area (Å²) in [5.41, 5.74) is 3.07. The number of carbonyl (C=O) groups is 4. The monoisotopic (exact) mass is 677 g/mol. The van der Waals surface area contributed by atoms with Crippen LogP contribution in [0.5, 0.6) is 0 Å². The Morgan fingerprint density at radius 2 is 1.44 bits per heavy atom. The lowest BCUT2D eigenvalue weighted by Crippen LogP contribution is -2.56. The summed E-state index contributed by atoms with van der Waals surface area (Å²) in [5, 5.41) is 3.71. The zero-order chi connectivity index (χ0) is 34.4. The van der Waals surface area contributed by atoms with Gasteiger partial charge < -0.3 is 20.0 Å². The summed E-state index contributed by atoms with van der Waals surface area (Å²) in [6.45, 7) is 12.1. The van der Waals surface area contributed by atoms with Gasteiger partial charge in [-0.25, -0.2) is 0 Å². The quantitative estimate of drug-likeness (QED) is 0.388. The molecule has 1 N–H and O–H groups in total. The van der Waals surface area contributed by atoms with E-state index < -0.39 is 6.04 Å². The molecule has 260 valence electrons. The van der Waals surface area contributed by atoms with Crippen LogP contribution < -0.4 is 5.32 Å². The topological polar surface area (TPSA) is 93.3 Å². The number of nitrogens with one attached hydrogen (secondary N) is 1. The van der Waals surface area contributed by atoms with Gasteiger partial charge in [0, 0.05) is 76.6 Å². The lowest BCUT2D eigenvalue weighted by Gasteiger charge is -2.46. The van der Waals surface area contributed by atoms with Crippen molar-refractivity contribution in [2.24, 2.45) is 5.92 Å². The standard InChI is InChI=1S/C38H52ClN5O4/c1-26(2)25-44(32-14-18-41(19-15-32)27(3)45)33-16-20-42(21-17-33)38(48)35(23-29-9-11-31(39)12-10-29)40-37(47)24-36-34-8-6-5-7-30(34)13-22-43(36)28(4)46/h5-12,26,32-33,35-36H,13-25H2,1-4H3,(H,40,47)/t35-,36-/m1/s1. The van der Waals surface area contributed by atoms with E-state index in [1.165, 1.54) is 0 Å². The van der Waals surface area contributed by atoms with Gasteiger partial charge in [-0.2, -0.15) is 0 Å². The molecule has 0 radical (unpaired) electrons. The number of carbonyl (C=O) groups excluding carboxylic acids is 4. The molecule has 0 saturated carbocycles. The third kappa shape index (κ3) is 8.97. The molecule has 2 fully saturated rings. The Balaban J connectivity index is 1.27. The number of benzene rings is 2. The van der Waals surface area contributed by atoms with E-state index in [1.54, 1.807) is 30.9 Å². The molecule has 9 nitrogen and oxygen atoms in total. The van der Waals surface area contributed by atoms with Gasteiger partial charge in [-0.1, -0.05) is 61.8 Å². The minimum absolute atomic E-state index is 0.0603. The van der Waals surface area contributed by atoms with E-state index in [-0.39, 0.29) is 36.1 Å². The molecule has 0 bridgehead atoms. The maximum atomic E-state index is 14.2. The molecule has 3 heterocycles. The van der Waals surface area contributed by atoms with Gasteiger partial charge in [0.15, 0.2) is 0 Å². The second-order valence-corrected chi connectivity index (χ2v) is 14.7. The molecular formula is C38H52ClN5O4. The van der Waals surface area contributed by atoms with Crippen LogP contribution in [0, 0.1) is 5.92 Å². The van der Waals surface area contributed by atoms with E-state index in [0.717, 1.165) is 68.4 Å². The first-order chi connectivity index (χ1) is 23.0. The Morgan fingerprint density at radius 1 is 0.833 bits per heavy atom. The molecule has 4 amide bonds. The van der Waals surface area contributed by atoms with Crippen LogP contribution in [-0.4, -0.2) is 101 Å². The van der Waals surface area contributed by atoms with Crippen LogP contribution >= 0.6 is 11.6 Å². The van der Waals surface area contributed by atoms with Crippen molar-refractivity contribution in [3.8, 4) is 0 Å². The Morgan fingerprint density at radius 3 is 2.02 bits per heavy atom. The largest absolute Gasteiger partial charge is 0.344 e. The molecule has 48 heavy (non-hydrogen) atoms. The van der Waals surface area contributed by atoms with Crippen LogP contribution in [0.15, 0.2) is 48.5 Å². The minimum atomic E-state index is -0.734. The molecule has 2 saturated heterocycles. The summed E-state index contributed by atoms with van der Waals surface area (Å²) in [5.74, 6) is 0.287. The zero-order valence-electron chi connectivity index (χ0n) is 29.0. The van der Waals surface area contributed by atoms with Crippen LogP contribution in [0.25, 0.3) is 0 Å². The molecule has 0 unspecified atom stereocenters. The van der Waals surface area contributed by atoms with E-state index in [0.29, 0.717) is 49.1 Å². The highest BCUT2D eigenvalue weighted by molar-refractivity contribution is 6.30. The number of nitrogens with zero attached hydrogens (tertiary/aromatic N) is 4. The van der Waals surface area contributed by atoms with Gasteiger partial charge in [0.1, 0.15) is 6.04 Å². The van der Waals surface area contributed by atoms with Gasteiger partial charge in [0.25, 0.3) is 0 Å². The molecule has 5 rings (SSSR count). The number of piperidine rings is 2. The molecule has 2 aromatic carbocycles. The average molecular weight is 678 g/mol. The van der Waals surface area contributed by atoms with E-state index in [4.69, 9.17) is 11.6 Å². The van der Waals surface area contributed by atoms with Crippen LogP contribution in [0.4, 0.5) is 0 Å². The van der Waals surface area contributed by atoms with Gasteiger partial charge in [-0.05, 0) is 66.8 Å². The summed E-state index contributed by atoms with van der Waals surface area (Å²) < 4.78 is 0. The van der Waals surface area contributed by atoms with E-state index >= 15 is 0 Å². The third-order valence-electron chi connectivity index (χ3n) is 10.4. The Bertz CT molecular complexity index is 1430. The number of hydrogen-bond donors (Lipinski definition) is 1. The van der Waals surface area contributed by atoms with Crippen molar-refractivity contribution in [1.82, 2.24) is 24.9 Å². The van der Waals surface area contributed by atoms with Crippen LogP contribution in [0.1, 0.15) is 82.5 Å². The Kier molecular flexibility index (Phi) is 12.2. The highest BCUT2D eigenvalue weighted by Gasteiger charge is 2.36. The molecule has 0 aliphatic carbocycles. The predicted molar refractivity (Wildman–Crippen MR) is 188 cm³/mol. The van der Waals surface area contributed by atoms with Crippen LogP contribution in [0.2, 0.25) is 5.02 Å². The van der Waals surface area contributed by atoms with Gasteiger partial charge in [-0.3, -0.25) is 24.1 Å². The molecular weight excluding hydrogens is 626 g/mol. The van der Waals surface area contributed by atoms with Crippen molar-refractivity contribution < 1.29 is 19.2 Å². The fourth-order valence-electron chi connectivity index (χ4n) is 7.90. The highest BCUT2D eigenvalue weighted by Crippen LogP contribution is 2.32. The number of hydrogen-bond acceptors (Lipinski definition) is 5. The molecule has 0 aromatic heterocycles. The fraction of sp³-hybridized carbons (Fsp3) is 0.579. The maximum absolute atomic E-state index is 14.2. The zero-order valence-corrected chi connectivity index (χ0v) is 29.8. The van der Waals surface area contributed by atoms with Gasteiger partial charge in [0.2, 0.25) is 23.6 Å². The summed E-state index contributed by atoms with van der Waals surface area (Å²) in [4.78, 5) is 60.7. The second kappa shape index (κ2) is 16.3. The normalized spacial score (nSPS) is 19.7. The van der Waals surface area contributed by atoms with E-state index in [1.807, 2.05) is 40.1 Å². The summed E-state index contributed by atoms with van der Waals surface area (Å²) in [6.07, 6.45) is 4.91. The number of fused-ring (bicyclic) bond motifs is 1. The maximum Gasteiger partial charge on any atom is 0.245 e. The van der Waals surface area contributed by atoms with Crippen molar-refractivity contribution in [2.75, 3.05) is 39.3 Å². The number of likely N-dealkylation sites (tertiary alicyclic amines) is 2. The van der Waals surface area contributed by atoms with E-state index in [2.05, 4.69) is 30.1 Å². The number of amides is 4. The SMILES string of the molecule is CC(=O)N1CCC(N(CC(C)C)C2CCN(C(=O)[C@@H](Cc3ccc(Cl)cc3)NC(=O)C[C@@H]3c4ccccc4CCN3C(C)=O)CC2)CC1. The van der Waals surface area contributed by atoms with Crippen molar-refractivity contribution in [1.29, 1.82) is 0 Å². The Hall–Kier alpha value is -3.43. The summed E-state index contributed by atoms with van der Waals surface area (Å²) in [6, 6.07) is 15.1. The van der Waals surface area contributed by atoms with Crippen molar-refractivity contribution in [2.45, 2.75) is 96.8 Å². The first kappa shape index (κ1) is 35.9. The summed E-state index contributed by atoms with van der Waals surface area (Å²) in [7, 11) is 0. The average Bonchev–Trinajstić information content (AvgIpc) is 3.07. The first-order valence-corrected chi connectivity index (χ1v) is 18.1. The van der Waals surface area contributed by atoms with Gasteiger partial charge in [0.05, 0.1) is 12.5 Å². The van der Waals surface area contributed by atoms with Crippen molar-refractivity contribution >= 4 is 35.2 Å². The fourth-order valence-corrected chi connectivity index (χ4v) is 8.03. The molecule has 2 atom stereocenters. The lowest BCUT2D eigenvalue weighted by molar-refractivity contribution is -0.139. The van der Waals surface area contributed by atoms with Gasteiger partial charge in [-0.15, -0.1) is 0 Å². The summed E-state index contributed by atoms with van der Waals surface area (Å²) >= 11 is 6.15. The number of halogens is 1. The first-order valence-electron chi connectivity index (χ1n) is 17.7. The molecule has 0 spiro atoms. The molecule has 3 aliphatic heterocycles. The van der Waals surface area contributed by atoms with Crippen molar-refractivity contribution in [3.05, 3.63) is 70.2 Å².